The molecule has 0 aromatic heterocycles. The smallest absolute Gasteiger partial charge is 0.306 e. The Morgan fingerprint density at radius 3 is 1.35 bits per heavy atom. The van der Waals surface area contributed by atoms with E-state index in [4.69, 9.17) is 14.2 Å². The second-order valence-corrected chi connectivity index (χ2v) is 22.5. The van der Waals surface area contributed by atoms with E-state index in [9.17, 15) is 35.1 Å². The summed E-state index contributed by atoms with van der Waals surface area (Å²) >= 11 is 0. The van der Waals surface area contributed by atoms with Crippen LogP contribution in [0.3, 0.4) is 0 Å². The van der Waals surface area contributed by atoms with Crippen LogP contribution in [0.2, 0.25) is 0 Å². The molecule has 0 radical (unpaired) electrons. The standard InChI is InChI=1S/C69H121NO10/c1-4-7-10-13-16-19-22-25-27-29-30-31-32-33-34-35-37-39-42-45-48-51-54-57-64(74)80-67-66(76)65(75)63(58-71)79-69(67)78-59-60(61(72)55-52-49-46-43-40-24-21-18-15-12-9-6-3)70-68(77)62(73)56-53-50-47-44-41-38-36-28-26-23-20-17-14-11-8-5-2/h8,11,17,20,25-28,38,41,47,50,52,55,60-63,65-67,69,71-73,75-76H,4-7,9-10,12-16,18-19,21-24,29-37,39-40,42-46,48-49,51,53-54,56-59H2,1-3H3,(H,70,77)/b11-8-,20-17-,27-25+,28-26-,41-38-,50-47-,55-52+. The topological polar surface area (TPSA) is 175 Å². The highest BCUT2D eigenvalue weighted by atomic mass is 16.7. The van der Waals surface area contributed by atoms with E-state index in [1.807, 2.05) is 18.2 Å². The van der Waals surface area contributed by atoms with Gasteiger partial charge >= 0.3 is 5.97 Å². The molecule has 0 spiro atoms. The molecule has 1 rings (SSSR count). The molecular formula is C69H121NO10. The maximum absolute atomic E-state index is 13.4. The molecule has 1 saturated heterocycles. The molecular weight excluding hydrogens is 1000 g/mol. The third kappa shape index (κ3) is 43.5. The van der Waals surface area contributed by atoms with Crippen molar-refractivity contribution >= 4 is 11.9 Å². The fourth-order valence-corrected chi connectivity index (χ4v) is 9.86. The molecule has 462 valence electrons. The summed E-state index contributed by atoms with van der Waals surface area (Å²) in [6, 6.07) is -1.06. The second kappa shape index (κ2) is 56.3. The molecule has 80 heavy (non-hydrogen) atoms. The molecule has 11 heteroatoms. The molecule has 11 nitrogen and oxygen atoms in total. The molecule has 0 aliphatic carbocycles. The van der Waals surface area contributed by atoms with E-state index in [0.29, 0.717) is 12.8 Å². The molecule has 0 bridgehead atoms. The Morgan fingerprint density at radius 2 is 0.900 bits per heavy atom. The number of esters is 1. The van der Waals surface area contributed by atoms with Gasteiger partial charge in [0.25, 0.3) is 0 Å². The van der Waals surface area contributed by atoms with Crippen molar-refractivity contribution in [2.24, 2.45) is 0 Å². The maximum Gasteiger partial charge on any atom is 0.306 e. The van der Waals surface area contributed by atoms with Gasteiger partial charge in [-0.05, 0) is 89.9 Å². The number of allylic oxidation sites excluding steroid dienone is 13. The molecule has 1 fully saturated rings. The number of aliphatic hydroxyl groups excluding tert-OH is 5. The van der Waals surface area contributed by atoms with Gasteiger partial charge in [0.1, 0.15) is 24.4 Å². The zero-order valence-electron chi connectivity index (χ0n) is 51.2. The molecule has 1 aliphatic rings. The van der Waals surface area contributed by atoms with Gasteiger partial charge in [-0.15, -0.1) is 0 Å². The number of unbranched alkanes of at least 4 members (excludes halogenated alkanes) is 29. The average Bonchev–Trinajstić information content (AvgIpc) is 3.46. The molecule has 0 saturated carbocycles. The molecule has 0 aromatic carbocycles. The van der Waals surface area contributed by atoms with E-state index < -0.39 is 67.4 Å². The van der Waals surface area contributed by atoms with Gasteiger partial charge in [-0.2, -0.15) is 0 Å². The minimum absolute atomic E-state index is 0.115. The first-order chi connectivity index (χ1) is 39.2. The second-order valence-electron chi connectivity index (χ2n) is 22.5. The molecule has 6 N–H and O–H groups in total. The Balaban J connectivity index is 2.64. The van der Waals surface area contributed by atoms with Crippen molar-refractivity contribution in [3.8, 4) is 0 Å². The van der Waals surface area contributed by atoms with Gasteiger partial charge in [-0.3, -0.25) is 9.59 Å². The van der Waals surface area contributed by atoms with E-state index >= 15 is 0 Å². The van der Waals surface area contributed by atoms with Gasteiger partial charge in [-0.1, -0.05) is 266 Å². The Bertz CT molecular complexity index is 1620. The molecule has 1 amide bonds. The van der Waals surface area contributed by atoms with Crippen LogP contribution in [0.5, 0.6) is 0 Å². The first kappa shape index (κ1) is 74.9. The van der Waals surface area contributed by atoms with Crippen molar-refractivity contribution in [3.05, 3.63) is 85.1 Å². The molecule has 8 atom stereocenters. The molecule has 1 aliphatic heterocycles. The Kier molecular flexibility index (Phi) is 52.7. The Morgan fingerprint density at radius 1 is 0.500 bits per heavy atom. The van der Waals surface area contributed by atoms with Crippen LogP contribution in [-0.2, 0) is 23.8 Å². The van der Waals surface area contributed by atoms with Gasteiger partial charge in [0.05, 0.1) is 25.4 Å². The van der Waals surface area contributed by atoms with Crippen molar-refractivity contribution in [1.29, 1.82) is 0 Å². The maximum atomic E-state index is 13.4. The van der Waals surface area contributed by atoms with E-state index in [0.717, 1.165) is 77.0 Å². The fourth-order valence-electron chi connectivity index (χ4n) is 9.86. The van der Waals surface area contributed by atoms with Crippen LogP contribution in [0.25, 0.3) is 0 Å². The SMILES string of the molecule is CC/C=C\C/C=C\C/C=C\C/C=C\C/C=C\CCC(O)C(=O)NC(COC1OC(CO)C(O)C(O)C1OC(=O)CCCCCCCCCCCCCCC/C=C/CCCCCCCC)C(O)/C=C/CCCCCCCCCCCC. The normalized spacial score (nSPS) is 19.3. The lowest BCUT2D eigenvalue weighted by Gasteiger charge is -2.41. The van der Waals surface area contributed by atoms with Gasteiger partial charge < -0.3 is 45.1 Å². The number of hydrogen-bond acceptors (Lipinski definition) is 10. The van der Waals surface area contributed by atoms with Gasteiger partial charge in [0.15, 0.2) is 12.4 Å². The largest absolute Gasteiger partial charge is 0.454 e. The molecule has 0 aromatic rings. The summed E-state index contributed by atoms with van der Waals surface area (Å²) in [5, 5.41) is 57.0. The minimum Gasteiger partial charge on any atom is -0.454 e. The number of ether oxygens (including phenoxy) is 3. The van der Waals surface area contributed by atoms with Crippen LogP contribution in [0.4, 0.5) is 0 Å². The first-order valence-electron chi connectivity index (χ1n) is 32.9. The number of rotatable bonds is 55. The summed E-state index contributed by atoms with van der Waals surface area (Å²) in [7, 11) is 0. The monoisotopic (exact) mass is 1120 g/mol. The lowest BCUT2D eigenvalue weighted by molar-refractivity contribution is -0.305. The Hall–Kier alpha value is -3.16. The number of carbonyl (C=O) groups excluding carboxylic acids is 2. The van der Waals surface area contributed by atoms with E-state index in [1.54, 1.807) is 6.08 Å². The van der Waals surface area contributed by atoms with Gasteiger partial charge in [-0.25, -0.2) is 0 Å². The number of hydrogen-bond donors (Lipinski definition) is 6. The number of nitrogens with one attached hydrogen (secondary N) is 1. The van der Waals surface area contributed by atoms with E-state index in [-0.39, 0.29) is 19.4 Å². The van der Waals surface area contributed by atoms with Crippen molar-refractivity contribution in [2.45, 2.75) is 327 Å². The molecule has 8 unspecified atom stereocenters. The zero-order valence-corrected chi connectivity index (χ0v) is 51.2. The van der Waals surface area contributed by atoms with Crippen LogP contribution in [0.15, 0.2) is 85.1 Å². The number of carbonyl (C=O) groups is 2. The zero-order chi connectivity index (χ0) is 58.2. The quantitative estimate of drug-likeness (QED) is 0.0195. The predicted molar refractivity (Wildman–Crippen MR) is 333 cm³/mol. The van der Waals surface area contributed by atoms with Crippen LogP contribution >= 0.6 is 0 Å². The fraction of sp³-hybridized carbons (Fsp3) is 0.768. The lowest BCUT2D eigenvalue weighted by atomic mass is 9.99. The number of amides is 1. The molecule has 1 heterocycles. The lowest BCUT2D eigenvalue weighted by Crippen LogP contribution is -2.61. The van der Waals surface area contributed by atoms with Crippen LogP contribution in [0.1, 0.15) is 278 Å². The summed E-state index contributed by atoms with van der Waals surface area (Å²) < 4.78 is 17.6. The third-order valence-electron chi connectivity index (χ3n) is 15.0. The summed E-state index contributed by atoms with van der Waals surface area (Å²) in [6.45, 7) is 5.65. The van der Waals surface area contributed by atoms with E-state index in [2.05, 4.69) is 86.8 Å². The third-order valence-corrected chi connectivity index (χ3v) is 15.0. The minimum atomic E-state index is -1.63. The van der Waals surface area contributed by atoms with Crippen molar-refractivity contribution in [2.75, 3.05) is 13.2 Å². The Labute approximate surface area is 489 Å². The summed E-state index contributed by atoms with van der Waals surface area (Å²) in [5.74, 6) is -1.26. The first-order valence-corrected chi connectivity index (χ1v) is 32.9. The van der Waals surface area contributed by atoms with Crippen LogP contribution in [0, 0.1) is 0 Å². The summed E-state index contributed by atoms with van der Waals surface area (Å²) in [4.78, 5) is 26.6. The highest BCUT2D eigenvalue weighted by Crippen LogP contribution is 2.26. The summed E-state index contributed by atoms with van der Waals surface area (Å²) in [6.07, 6.45) is 63.5. The predicted octanol–water partition coefficient (Wildman–Crippen LogP) is 16.1. The number of aliphatic hydroxyl groups is 5. The van der Waals surface area contributed by atoms with Gasteiger partial charge in [0.2, 0.25) is 5.91 Å². The highest BCUT2D eigenvalue weighted by molar-refractivity contribution is 5.80. The van der Waals surface area contributed by atoms with Crippen LogP contribution < -0.4 is 5.32 Å². The van der Waals surface area contributed by atoms with Crippen molar-refractivity contribution < 1.29 is 49.3 Å². The van der Waals surface area contributed by atoms with Crippen molar-refractivity contribution in [1.82, 2.24) is 5.32 Å². The van der Waals surface area contributed by atoms with Crippen LogP contribution in [-0.4, -0.2) is 99.6 Å². The average molecular weight is 1120 g/mol. The highest BCUT2D eigenvalue weighted by Gasteiger charge is 2.47. The van der Waals surface area contributed by atoms with E-state index in [1.165, 1.54) is 154 Å². The van der Waals surface area contributed by atoms with Crippen molar-refractivity contribution in [3.63, 3.8) is 0 Å². The summed E-state index contributed by atoms with van der Waals surface area (Å²) in [5.41, 5.74) is 0. The van der Waals surface area contributed by atoms with Gasteiger partial charge in [0, 0.05) is 6.42 Å².